The number of esters is 1. The van der Waals surface area contributed by atoms with Gasteiger partial charge in [0.15, 0.2) is 17.7 Å². The first-order valence-corrected chi connectivity index (χ1v) is 9.88. The monoisotopic (exact) mass is 435 g/mol. The van der Waals surface area contributed by atoms with Crippen LogP contribution in [0.25, 0.3) is 0 Å². The Kier molecular flexibility index (Phi) is 6.82. The molecule has 0 aliphatic carbocycles. The van der Waals surface area contributed by atoms with Crippen molar-refractivity contribution in [3.05, 3.63) is 70.2 Å². The van der Waals surface area contributed by atoms with E-state index in [0.29, 0.717) is 36.5 Å². The van der Waals surface area contributed by atoms with E-state index in [0.717, 1.165) is 18.2 Å². The number of carbonyl (C=O) groups is 3. The molecule has 1 aliphatic heterocycles. The molecule has 1 atom stereocenters. The minimum absolute atomic E-state index is 0.0717. The van der Waals surface area contributed by atoms with E-state index in [4.69, 9.17) is 16.3 Å². The van der Waals surface area contributed by atoms with E-state index in [2.05, 4.69) is 0 Å². The van der Waals surface area contributed by atoms with E-state index >= 15 is 0 Å². The predicted octanol–water partition coefficient (Wildman–Crippen LogP) is 4.29. The summed E-state index contributed by atoms with van der Waals surface area (Å²) in [4.78, 5) is 38.9. The van der Waals surface area contributed by atoms with Gasteiger partial charge in [-0.25, -0.2) is 8.78 Å². The number of ether oxygens (including phenoxy) is 1. The molecule has 30 heavy (non-hydrogen) atoms. The van der Waals surface area contributed by atoms with Crippen molar-refractivity contribution in [2.45, 2.75) is 25.9 Å². The van der Waals surface area contributed by atoms with Crippen molar-refractivity contribution in [3.63, 3.8) is 0 Å². The largest absolute Gasteiger partial charge is 0.454 e. The number of benzene rings is 2. The minimum atomic E-state index is -1.14. The molecule has 5 nitrogen and oxygen atoms in total. The maximum Gasteiger partial charge on any atom is 0.309 e. The van der Waals surface area contributed by atoms with E-state index in [1.165, 1.54) is 6.92 Å². The van der Waals surface area contributed by atoms with E-state index in [9.17, 15) is 23.2 Å². The summed E-state index contributed by atoms with van der Waals surface area (Å²) in [6, 6.07) is 9.36. The molecule has 0 N–H and O–H groups in total. The molecule has 158 valence electrons. The van der Waals surface area contributed by atoms with Crippen molar-refractivity contribution in [1.82, 2.24) is 4.90 Å². The highest BCUT2D eigenvalue weighted by molar-refractivity contribution is 6.30. The SMILES string of the molecule is C[C@H](OC(=O)C1CCN(C(=O)c2ccc(Cl)cc2)CC1)C(=O)c1ccc(F)c(F)c1. The second-order valence-electron chi connectivity index (χ2n) is 7.15. The zero-order chi connectivity index (χ0) is 21.8. The molecule has 3 rings (SSSR count). The molecular formula is C22H20ClF2NO4. The predicted molar refractivity (Wildman–Crippen MR) is 106 cm³/mol. The smallest absolute Gasteiger partial charge is 0.309 e. The van der Waals surface area contributed by atoms with Crippen LogP contribution < -0.4 is 0 Å². The third-order valence-corrected chi connectivity index (χ3v) is 5.32. The Labute approximate surface area is 177 Å². The molecule has 1 heterocycles. The number of likely N-dealkylation sites (tertiary alicyclic amines) is 1. The summed E-state index contributed by atoms with van der Waals surface area (Å²) in [5, 5.41) is 0.542. The number of hydrogen-bond donors (Lipinski definition) is 0. The number of halogens is 3. The highest BCUT2D eigenvalue weighted by Gasteiger charge is 2.31. The Hall–Kier alpha value is -2.80. The van der Waals surface area contributed by atoms with Crippen LogP contribution in [-0.2, 0) is 9.53 Å². The van der Waals surface area contributed by atoms with Gasteiger partial charge in [-0.3, -0.25) is 14.4 Å². The molecule has 0 unspecified atom stereocenters. The van der Waals surface area contributed by atoms with E-state index in [1.54, 1.807) is 29.2 Å². The van der Waals surface area contributed by atoms with Gasteiger partial charge in [0.25, 0.3) is 5.91 Å². The van der Waals surface area contributed by atoms with Crippen LogP contribution in [0, 0.1) is 17.6 Å². The van der Waals surface area contributed by atoms with Gasteiger partial charge < -0.3 is 9.64 Å². The van der Waals surface area contributed by atoms with Gasteiger partial charge in [0.05, 0.1) is 5.92 Å². The number of piperidine rings is 1. The summed E-state index contributed by atoms with van der Waals surface area (Å²) < 4.78 is 31.6. The fourth-order valence-electron chi connectivity index (χ4n) is 3.30. The van der Waals surface area contributed by atoms with Crippen LogP contribution in [0.3, 0.4) is 0 Å². The first kappa shape index (κ1) is 21.9. The van der Waals surface area contributed by atoms with Crippen molar-refractivity contribution in [3.8, 4) is 0 Å². The Morgan fingerprint density at radius 2 is 1.60 bits per heavy atom. The Balaban J connectivity index is 1.53. The zero-order valence-corrected chi connectivity index (χ0v) is 17.0. The van der Waals surface area contributed by atoms with Crippen LogP contribution in [0.5, 0.6) is 0 Å². The van der Waals surface area contributed by atoms with Gasteiger partial charge >= 0.3 is 5.97 Å². The molecule has 0 aromatic heterocycles. The summed E-state index contributed by atoms with van der Waals surface area (Å²) in [5.74, 6) is -3.94. The van der Waals surface area contributed by atoms with Gasteiger partial charge in [0.1, 0.15) is 0 Å². The fourth-order valence-corrected chi connectivity index (χ4v) is 3.43. The molecule has 1 amide bonds. The van der Waals surface area contributed by atoms with Gasteiger partial charge in [-0.1, -0.05) is 11.6 Å². The molecule has 0 spiro atoms. The lowest BCUT2D eigenvalue weighted by Gasteiger charge is -2.31. The summed E-state index contributed by atoms with van der Waals surface area (Å²) in [7, 11) is 0. The lowest BCUT2D eigenvalue weighted by Crippen LogP contribution is -2.41. The summed E-state index contributed by atoms with van der Waals surface area (Å²) in [5.41, 5.74) is 0.448. The Morgan fingerprint density at radius 3 is 2.20 bits per heavy atom. The average Bonchev–Trinajstić information content (AvgIpc) is 2.75. The summed E-state index contributed by atoms with van der Waals surface area (Å²) in [6.07, 6.45) is -0.315. The van der Waals surface area contributed by atoms with E-state index in [-0.39, 0.29) is 11.5 Å². The van der Waals surface area contributed by atoms with Gasteiger partial charge in [0.2, 0.25) is 5.78 Å². The summed E-state index contributed by atoms with van der Waals surface area (Å²) in [6.45, 7) is 2.15. The molecule has 0 bridgehead atoms. The second kappa shape index (κ2) is 9.34. The van der Waals surface area contributed by atoms with Crippen LogP contribution >= 0.6 is 11.6 Å². The molecule has 1 saturated heterocycles. The number of rotatable bonds is 5. The maximum absolute atomic E-state index is 13.3. The third kappa shape index (κ3) is 5.02. The lowest BCUT2D eigenvalue weighted by atomic mass is 9.96. The number of hydrogen-bond acceptors (Lipinski definition) is 4. The number of carbonyl (C=O) groups excluding carboxylic acids is 3. The highest BCUT2D eigenvalue weighted by atomic mass is 35.5. The number of ketones is 1. The van der Waals surface area contributed by atoms with Crippen LogP contribution in [0.2, 0.25) is 5.02 Å². The first-order valence-electron chi connectivity index (χ1n) is 9.51. The third-order valence-electron chi connectivity index (χ3n) is 5.07. The van der Waals surface area contributed by atoms with Crippen molar-refractivity contribution in [2.24, 2.45) is 5.92 Å². The quantitative estimate of drug-likeness (QED) is 0.519. The van der Waals surface area contributed by atoms with Gasteiger partial charge in [-0.2, -0.15) is 0 Å². The second-order valence-corrected chi connectivity index (χ2v) is 7.58. The van der Waals surface area contributed by atoms with Crippen LogP contribution in [-0.4, -0.2) is 41.8 Å². The number of nitrogens with zero attached hydrogens (tertiary/aromatic N) is 1. The Bertz CT molecular complexity index is 956. The maximum atomic E-state index is 13.3. The minimum Gasteiger partial charge on any atom is -0.454 e. The van der Waals surface area contributed by atoms with Crippen LogP contribution in [0.4, 0.5) is 8.78 Å². The van der Waals surface area contributed by atoms with Crippen molar-refractivity contribution >= 4 is 29.3 Å². The standard InChI is InChI=1S/C22H20ClF2NO4/c1-13(20(27)16-4-7-18(24)19(25)12-16)30-22(29)15-8-10-26(11-9-15)21(28)14-2-5-17(23)6-3-14/h2-7,12-13,15H,8-11H2,1H3/t13-/m0/s1. The van der Waals surface area contributed by atoms with Crippen molar-refractivity contribution < 1.29 is 27.9 Å². The molecule has 1 fully saturated rings. The molecule has 1 aliphatic rings. The van der Waals surface area contributed by atoms with Gasteiger partial charge in [0, 0.05) is 29.2 Å². The van der Waals surface area contributed by atoms with Crippen LogP contribution in [0.15, 0.2) is 42.5 Å². The number of Topliss-reactive ketones (excluding diaryl/α,β-unsaturated/α-hetero) is 1. The summed E-state index contributed by atoms with van der Waals surface area (Å²) >= 11 is 5.84. The lowest BCUT2D eigenvalue weighted by molar-refractivity contribution is -0.152. The first-order chi connectivity index (χ1) is 14.3. The van der Waals surface area contributed by atoms with Crippen molar-refractivity contribution in [1.29, 1.82) is 0 Å². The van der Waals surface area contributed by atoms with Crippen LogP contribution in [0.1, 0.15) is 40.5 Å². The number of amides is 1. The van der Waals surface area contributed by atoms with Gasteiger partial charge in [-0.15, -0.1) is 0 Å². The van der Waals surface area contributed by atoms with Crippen molar-refractivity contribution in [2.75, 3.05) is 13.1 Å². The molecule has 2 aromatic carbocycles. The van der Waals surface area contributed by atoms with Gasteiger partial charge in [-0.05, 0) is 62.2 Å². The van der Waals surface area contributed by atoms with E-state index < -0.39 is 35.4 Å². The molecule has 0 radical (unpaired) electrons. The Morgan fingerprint density at radius 1 is 1.00 bits per heavy atom. The highest BCUT2D eigenvalue weighted by Crippen LogP contribution is 2.22. The van der Waals surface area contributed by atoms with E-state index in [1.807, 2.05) is 0 Å². The topological polar surface area (TPSA) is 63.7 Å². The molecule has 2 aromatic rings. The molecule has 0 saturated carbocycles. The molecule has 8 heteroatoms. The average molecular weight is 436 g/mol. The molecular weight excluding hydrogens is 416 g/mol. The zero-order valence-electron chi connectivity index (χ0n) is 16.2. The normalized spacial score (nSPS) is 15.5. The fraction of sp³-hybridized carbons (Fsp3) is 0.318.